The number of ether oxygens (including phenoxy) is 2. The third-order valence-corrected chi connectivity index (χ3v) is 1.48. The van der Waals surface area contributed by atoms with Gasteiger partial charge in [0.25, 0.3) is 0 Å². The van der Waals surface area contributed by atoms with Crippen molar-refractivity contribution in [3.05, 3.63) is 36.6 Å². The van der Waals surface area contributed by atoms with Gasteiger partial charge in [0.15, 0.2) is 0 Å². The van der Waals surface area contributed by atoms with E-state index in [0.29, 0.717) is 12.7 Å². The predicted molar refractivity (Wildman–Crippen MR) is 48.8 cm³/mol. The number of hydrogen-bond acceptors (Lipinski definition) is 2. The van der Waals surface area contributed by atoms with Gasteiger partial charge >= 0.3 is 0 Å². The molecule has 0 radical (unpaired) electrons. The molecule has 0 N–H and O–H groups in total. The molecule has 1 aliphatic heterocycles. The van der Waals surface area contributed by atoms with Gasteiger partial charge in [0.05, 0.1) is 12.4 Å². The lowest BCUT2D eigenvalue weighted by atomic mass is 10.4. The summed E-state index contributed by atoms with van der Waals surface area (Å²) in [7, 11) is 0. The molecule has 1 unspecified atom stereocenters. The molecule has 0 bridgehead atoms. The Labute approximate surface area is 73.2 Å². The zero-order chi connectivity index (χ0) is 8.81. The summed E-state index contributed by atoms with van der Waals surface area (Å²) in [6.45, 7) is 7.01. The van der Waals surface area contributed by atoms with Gasteiger partial charge in [0, 0.05) is 0 Å². The van der Waals surface area contributed by atoms with Gasteiger partial charge in [-0.2, -0.15) is 0 Å². The van der Waals surface area contributed by atoms with Gasteiger partial charge < -0.3 is 9.47 Å². The Hall–Kier alpha value is -1.02. The van der Waals surface area contributed by atoms with Crippen molar-refractivity contribution in [3.8, 4) is 0 Å². The molecule has 66 valence electrons. The van der Waals surface area contributed by atoms with Gasteiger partial charge in [-0.05, 0) is 13.0 Å². The predicted octanol–water partition coefficient (Wildman–Crippen LogP) is 2.05. The molecule has 12 heavy (non-hydrogen) atoms. The highest BCUT2D eigenvalue weighted by Crippen LogP contribution is 2.10. The molecule has 0 aromatic heterocycles. The van der Waals surface area contributed by atoms with Crippen LogP contribution in [0, 0.1) is 0 Å². The van der Waals surface area contributed by atoms with E-state index in [-0.39, 0.29) is 0 Å². The molecule has 0 saturated carbocycles. The van der Waals surface area contributed by atoms with E-state index in [4.69, 9.17) is 9.47 Å². The molecule has 1 heterocycles. The highest BCUT2D eigenvalue weighted by molar-refractivity contribution is 5.11. The van der Waals surface area contributed by atoms with Crippen molar-refractivity contribution >= 4 is 0 Å². The smallest absolute Gasteiger partial charge is 0.116 e. The van der Waals surface area contributed by atoms with Crippen LogP contribution in [-0.4, -0.2) is 19.3 Å². The monoisotopic (exact) mass is 166 g/mol. The highest BCUT2D eigenvalue weighted by atomic mass is 16.6. The topological polar surface area (TPSA) is 21.8 Å². The molecule has 2 nitrogen and oxygen atoms in total. The first kappa shape index (κ1) is 9.07. The van der Waals surface area contributed by atoms with Gasteiger partial charge in [-0.3, -0.25) is 0 Å². The average molecular weight is 166 g/mol. The zero-order valence-corrected chi connectivity index (χ0v) is 7.32. The van der Waals surface area contributed by atoms with E-state index in [9.17, 15) is 0 Å². The average Bonchev–Trinajstić information content (AvgIpc) is 2.84. The van der Waals surface area contributed by atoms with E-state index in [1.165, 1.54) is 0 Å². The summed E-state index contributed by atoms with van der Waals surface area (Å²) in [6.07, 6.45) is 7.73. The Morgan fingerprint density at radius 1 is 1.67 bits per heavy atom. The van der Waals surface area contributed by atoms with Gasteiger partial charge in [-0.1, -0.05) is 24.8 Å². The maximum Gasteiger partial charge on any atom is 0.116 e. The van der Waals surface area contributed by atoms with Crippen molar-refractivity contribution in [2.45, 2.75) is 13.0 Å². The minimum Gasteiger partial charge on any atom is -0.495 e. The van der Waals surface area contributed by atoms with Crippen molar-refractivity contribution in [1.82, 2.24) is 0 Å². The quantitative estimate of drug-likeness (QED) is 0.354. The van der Waals surface area contributed by atoms with Crippen LogP contribution in [0.5, 0.6) is 0 Å². The molecular formula is C10H14O2. The summed E-state index contributed by atoms with van der Waals surface area (Å²) in [5.74, 6) is 0.906. The molecule has 2 heteroatoms. The molecule has 1 fully saturated rings. The third-order valence-electron chi connectivity index (χ3n) is 1.48. The van der Waals surface area contributed by atoms with E-state index in [1.807, 2.05) is 25.2 Å². The van der Waals surface area contributed by atoms with Crippen LogP contribution in [0.4, 0.5) is 0 Å². The maximum atomic E-state index is 5.36. The lowest BCUT2D eigenvalue weighted by Gasteiger charge is -2.01. The SMILES string of the molecule is C=C/C=C\C=C(/C)OCC1CO1. The Bertz CT molecular complexity index is 200. The van der Waals surface area contributed by atoms with Crippen LogP contribution >= 0.6 is 0 Å². The molecule has 1 rings (SSSR count). The van der Waals surface area contributed by atoms with Crippen molar-refractivity contribution in [2.75, 3.05) is 13.2 Å². The van der Waals surface area contributed by atoms with Crippen LogP contribution in [0.15, 0.2) is 36.6 Å². The molecular weight excluding hydrogens is 152 g/mol. The summed E-state index contributed by atoms with van der Waals surface area (Å²) >= 11 is 0. The fourth-order valence-electron chi connectivity index (χ4n) is 0.706. The van der Waals surface area contributed by atoms with Crippen LogP contribution in [0.3, 0.4) is 0 Å². The van der Waals surface area contributed by atoms with Crippen molar-refractivity contribution in [3.63, 3.8) is 0 Å². The van der Waals surface area contributed by atoms with E-state index in [0.717, 1.165) is 12.4 Å². The van der Waals surface area contributed by atoms with E-state index >= 15 is 0 Å². The molecule has 0 amide bonds. The molecule has 1 aliphatic rings. The fourth-order valence-corrected chi connectivity index (χ4v) is 0.706. The van der Waals surface area contributed by atoms with Crippen molar-refractivity contribution in [1.29, 1.82) is 0 Å². The Kier molecular flexibility index (Phi) is 3.61. The summed E-state index contributed by atoms with van der Waals surface area (Å²) in [4.78, 5) is 0. The second-order valence-electron chi connectivity index (χ2n) is 2.66. The van der Waals surface area contributed by atoms with E-state index in [2.05, 4.69) is 6.58 Å². The number of rotatable bonds is 5. The number of hydrogen-bond donors (Lipinski definition) is 0. The fraction of sp³-hybridized carbons (Fsp3) is 0.400. The third kappa shape index (κ3) is 3.98. The highest BCUT2D eigenvalue weighted by Gasteiger charge is 2.22. The Morgan fingerprint density at radius 3 is 3.00 bits per heavy atom. The lowest BCUT2D eigenvalue weighted by molar-refractivity contribution is 0.185. The maximum absolute atomic E-state index is 5.36. The molecule has 1 saturated heterocycles. The second-order valence-corrected chi connectivity index (χ2v) is 2.66. The Morgan fingerprint density at radius 2 is 2.42 bits per heavy atom. The first-order chi connectivity index (χ1) is 5.83. The van der Waals surface area contributed by atoms with E-state index < -0.39 is 0 Å². The summed E-state index contributed by atoms with van der Waals surface area (Å²) in [5.41, 5.74) is 0. The van der Waals surface area contributed by atoms with Crippen LogP contribution in [0.25, 0.3) is 0 Å². The first-order valence-electron chi connectivity index (χ1n) is 4.03. The van der Waals surface area contributed by atoms with Gasteiger partial charge in [0.2, 0.25) is 0 Å². The zero-order valence-electron chi connectivity index (χ0n) is 7.32. The Balaban J connectivity index is 2.15. The van der Waals surface area contributed by atoms with Crippen LogP contribution in [-0.2, 0) is 9.47 Å². The standard InChI is InChI=1S/C10H14O2/c1-3-4-5-6-9(2)11-7-10-8-12-10/h3-6,10H,1,7-8H2,2H3/b5-4-,9-6+. The number of allylic oxidation sites excluding steroid dienone is 5. The lowest BCUT2D eigenvalue weighted by Crippen LogP contribution is -1.98. The largest absolute Gasteiger partial charge is 0.495 e. The van der Waals surface area contributed by atoms with Gasteiger partial charge in [-0.15, -0.1) is 0 Å². The summed E-state index contributed by atoms with van der Waals surface area (Å²) in [5, 5.41) is 0. The normalized spacial score (nSPS) is 22.8. The van der Waals surface area contributed by atoms with Gasteiger partial charge in [-0.25, -0.2) is 0 Å². The van der Waals surface area contributed by atoms with Crippen LogP contribution < -0.4 is 0 Å². The minimum atomic E-state index is 0.330. The molecule has 0 aliphatic carbocycles. The van der Waals surface area contributed by atoms with Crippen LogP contribution in [0.1, 0.15) is 6.92 Å². The summed E-state index contributed by atoms with van der Waals surface area (Å²) < 4.78 is 10.4. The summed E-state index contributed by atoms with van der Waals surface area (Å²) in [6, 6.07) is 0. The van der Waals surface area contributed by atoms with Crippen molar-refractivity contribution < 1.29 is 9.47 Å². The minimum absolute atomic E-state index is 0.330. The van der Waals surface area contributed by atoms with Crippen LogP contribution in [0.2, 0.25) is 0 Å². The van der Waals surface area contributed by atoms with Gasteiger partial charge in [0.1, 0.15) is 12.7 Å². The van der Waals surface area contributed by atoms with Crippen molar-refractivity contribution in [2.24, 2.45) is 0 Å². The first-order valence-corrected chi connectivity index (χ1v) is 4.03. The molecule has 0 aromatic rings. The molecule has 0 spiro atoms. The van der Waals surface area contributed by atoms with E-state index in [1.54, 1.807) is 6.08 Å². The molecule has 0 aromatic carbocycles. The number of epoxide rings is 1. The second kappa shape index (κ2) is 4.78. The molecule has 1 atom stereocenters.